The number of aromatic nitrogens is 2. The zero-order valence-electron chi connectivity index (χ0n) is 15.2. The lowest BCUT2D eigenvalue weighted by molar-refractivity contribution is 0.182. The highest BCUT2D eigenvalue weighted by molar-refractivity contribution is 5.84. The molecule has 1 aromatic carbocycles. The van der Waals surface area contributed by atoms with Gasteiger partial charge in [-0.05, 0) is 44.7 Å². The molecule has 0 aliphatic carbocycles. The third kappa shape index (κ3) is 3.07. The number of para-hydroxylation sites is 1. The monoisotopic (exact) mass is 352 g/mol. The Morgan fingerprint density at radius 2 is 2.23 bits per heavy atom. The fraction of sp³-hybridized carbons (Fsp3) is 0.400. The maximum atomic E-state index is 12.7. The van der Waals surface area contributed by atoms with Gasteiger partial charge in [-0.1, -0.05) is 23.4 Å². The lowest BCUT2D eigenvalue weighted by Crippen LogP contribution is -2.40. The number of benzene rings is 1. The molecule has 6 nitrogen and oxygen atoms in total. The normalized spacial score (nSPS) is 17.2. The molecule has 1 aliphatic rings. The number of urea groups is 1. The second-order valence-electron chi connectivity index (χ2n) is 6.98. The molecule has 1 atom stereocenters. The number of aromatic amines is 1. The number of nitrogens with zero attached hydrogens (tertiary/aromatic N) is 2. The van der Waals surface area contributed by atoms with Gasteiger partial charge in [-0.2, -0.15) is 0 Å². The molecule has 0 unspecified atom stereocenters. The molecule has 2 amide bonds. The van der Waals surface area contributed by atoms with Gasteiger partial charge < -0.3 is 19.7 Å². The minimum absolute atomic E-state index is 0.00831. The van der Waals surface area contributed by atoms with Crippen molar-refractivity contribution in [2.75, 3.05) is 13.1 Å². The number of amides is 2. The van der Waals surface area contributed by atoms with Crippen LogP contribution in [-0.4, -0.2) is 34.2 Å². The van der Waals surface area contributed by atoms with Gasteiger partial charge in [0.25, 0.3) is 0 Å². The van der Waals surface area contributed by atoms with E-state index in [4.69, 9.17) is 4.52 Å². The molecule has 136 valence electrons. The van der Waals surface area contributed by atoms with E-state index < -0.39 is 0 Å². The van der Waals surface area contributed by atoms with Gasteiger partial charge in [0.15, 0.2) is 5.76 Å². The van der Waals surface area contributed by atoms with E-state index in [9.17, 15) is 4.79 Å². The topological polar surface area (TPSA) is 74.2 Å². The largest absolute Gasteiger partial charge is 0.359 e. The summed E-state index contributed by atoms with van der Waals surface area (Å²) < 4.78 is 5.38. The summed E-state index contributed by atoms with van der Waals surface area (Å²) >= 11 is 0. The van der Waals surface area contributed by atoms with Crippen LogP contribution in [0.5, 0.6) is 0 Å². The third-order valence-electron chi connectivity index (χ3n) is 5.17. The second-order valence-corrected chi connectivity index (χ2v) is 6.98. The third-order valence-corrected chi connectivity index (χ3v) is 5.17. The smallest absolute Gasteiger partial charge is 0.318 e. The maximum Gasteiger partial charge on any atom is 0.318 e. The molecule has 2 N–H and O–H groups in total. The molecule has 3 heterocycles. The van der Waals surface area contributed by atoms with Gasteiger partial charge in [0.2, 0.25) is 0 Å². The van der Waals surface area contributed by atoms with Crippen molar-refractivity contribution >= 4 is 16.9 Å². The van der Waals surface area contributed by atoms with Gasteiger partial charge in [0, 0.05) is 35.8 Å². The van der Waals surface area contributed by atoms with Crippen LogP contribution < -0.4 is 5.32 Å². The molecule has 0 saturated carbocycles. The number of aryl methyl sites for hydroxylation is 2. The van der Waals surface area contributed by atoms with Gasteiger partial charge in [-0.15, -0.1) is 0 Å². The summed E-state index contributed by atoms with van der Waals surface area (Å²) in [5.41, 5.74) is 4.43. The molecule has 1 aliphatic heterocycles. The van der Waals surface area contributed by atoms with Crippen LogP contribution in [0.25, 0.3) is 10.9 Å². The van der Waals surface area contributed by atoms with Crippen molar-refractivity contribution in [3.63, 3.8) is 0 Å². The first kappa shape index (κ1) is 16.7. The minimum Gasteiger partial charge on any atom is -0.359 e. The molecule has 1 fully saturated rings. The number of carbonyl (C=O) groups excluding carboxylic acids is 1. The summed E-state index contributed by atoms with van der Waals surface area (Å²) in [6.07, 6.45) is 2.71. The van der Waals surface area contributed by atoms with Gasteiger partial charge in [0.1, 0.15) is 0 Å². The van der Waals surface area contributed by atoms with E-state index in [0.717, 1.165) is 48.5 Å². The van der Waals surface area contributed by atoms with E-state index in [1.165, 1.54) is 10.9 Å². The fourth-order valence-electron chi connectivity index (χ4n) is 3.90. The zero-order chi connectivity index (χ0) is 18.1. The molecule has 4 rings (SSSR count). The summed E-state index contributed by atoms with van der Waals surface area (Å²) in [4.78, 5) is 17.9. The summed E-state index contributed by atoms with van der Waals surface area (Å²) in [6, 6.07) is 10.2. The number of likely N-dealkylation sites (tertiary alicyclic amines) is 1. The highest BCUT2D eigenvalue weighted by Crippen LogP contribution is 2.32. The standard InChI is InChI=1S/C20H24N4O2/c1-13-12-19(26-23-13)18-8-5-11-24(18)20(25)21-10-9-15-14(2)22-17-7-4-3-6-16(15)17/h3-4,6-7,12,18,22H,5,8-11H2,1-2H3,(H,21,25)/t18-/m1/s1. The minimum atomic E-state index is -0.0287. The summed E-state index contributed by atoms with van der Waals surface area (Å²) in [7, 11) is 0. The number of carbonyl (C=O) groups is 1. The molecular weight excluding hydrogens is 328 g/mol. The highest BCUT2D eigenvalue weighted by atomic mass is 16.5. The van der Waals surface area contributed by atoms with E-state index in [-0.39, 0.29) is 12.1 Å². The van der Waals surface area contributed by atoms with Gasteiger partial charge in [-0.25, -0.2) is 4.79 Å². The molecular formula is C20H24N4O2. The Hall–Kier alpha value is -2.76. The Kier molecular flexibility index (Phi) is 4.41. The molecule has 0 bridgehead atoms. The van der Waals surface area contributed by atoms with Crippen LogP contribution in [-0.2, 0) is 6.42 Å². The van der Waals surface area contributed by atoms with Crippen molar-refractivity contribution in [3.8, 4) is 0 Å². The zero-order valence-corrected chi connectivity index (χ0v) is 15.2. The molecule has 1 saturated heterocycles. The van der Waals surface area contributed by atoms with E-state index in [0.29, 0.717) is 6.54 Å². The van der Waals surface area contributed by atoms with E-state index in [1.54, 1.807) is 0 Å². The Morgan fingerprint density at radius 3 is 3.04 bits per heavy atom. The Morgan fingerprint density at radius 1 is 1.38 bits per heavy atom. The predicted molar refractivity (Wildman–Crippen MR) is 100 cm³/mol. The number of fused-ring (bicyclic) bond motifs is 1. The first-order valence-corrected chi connectivity index (χ1v) is 9.17. The Labute approximate surface area is 152 Å². The quantitative estimate of drug-likeness (QED) is 0.749. The lowest BCUT2D eigenvalue weighted by atomic mass is 10.1. The van der Waals surface area contributed by atoms with Crippen LogP contribution in [0.1, 0.15) is 41.6 Å². The van der Waals surface area contributed by atoms with Crippen molar-refractivity contribution in [1.29, 1.82) is 0 Å². The Bertz CT molecular complexity index is 927. The van der Waals surface area contributed by atoms with Gasteiger partial charge in [-0.3, -0.25) is 0 Å². The van der Waals surface area contributed by atoms with Crippen molar-refractivity contribution in [3.05, 3.63) is 53.0 Å². The number of H-pyrrole nitrogens is 1. The molecule has 6 heteroatoms. The van der Waals surface area contributed by atoms with E-state index >= 15 is 0 Å². The van der Waals surface area contributed by atoms with Crippen molar-refractivity contribution < 1.29 is 9.32 Å². The predicted octanol–water partition coefficient (Wildman–Crippen LogP) is 3.86. The van der Waals surface area contributed by atoms with Crippen LogP contribution in [0.15, 0.2) is 34.9 Å². The van der Waals surface area contributed by atoms with Crippen LogP contribution in [0.3, 0.4) is 0 Å². The van der Waals surface area contributed by atoms with Crippen LogP contribution in [0.4, 0.5) is 4.79 Å². The first-order chi connectivity index (χ1) is 12.6. The lowest BCUT2D eigenvalue weighted by Gasteiger charge is -2.23. The molecule has 0 radical (unpaired) electrons. The van der Waals surface area contributed by atoms with Crippen LogP contribution in [0.2, 0.25) is 0 Å². The summed E-state index contributed by atoms with van der Waals surface area (Å²) in [5, 5.41) is 8.26. The fourth-order valence-corrected chi connectivity index (χ4v) is 3.90. The second kappa shape index (κ2) is 6.86. The molecule has 2 aromatic heterocycles. The SMILES string of the molecule is Cc1cc([C@H]2CCCN2C(=O)NCCc2c(C)[nH]c3ccccc23)on1. The van der Waals surface area contributed by atoms with Crippen LogP contribution in [0, 0.1) is 13.8 Å². The van der Waals surface area contributed by atoms with E-state index in [2.05, 4.69) is 34.5 Å². The maximum absolute atomic E-state index is 12.7. The number of hydrogen-bond donors (Lipinski definition) is 2. The number of nitrogens with one attached hydrogen (secondary N) is 2. The number of hydrogen-bond acceptors (Lipinski definition) is 3. The molecule has 3 aromatic rings. The van der Waals surface area contributed by atoms with Gasteiger partial charge in [0.05, 0.1) is 11.7 Å². The van der Waals surface area contributed by atoms with Crippen molar-refractivity contribution in [2.24, 2.45) is 0 Å². The summed E-state index contributed by atoms with van der Waals surface area (Å²) in [5.74, 6) is 0.780. The average Bonchev–Trinajstić information content (AvgIpc) is 3.33. The van der Waals surface area contributed by atoms with Crippen molar-refractivity contribution in [2.45, 2.75) is 39.2 Å². The molecule has 0 spiro atoms. The van der Waals surface area contributed by atoms with Crippen molar-refractivity contribution in [1.82, 2.24) is 20.4 Å². The highest BCUT2D eigenvalue weighted by Gasteiger charge is 2.32. The average molecular weight is 352 g/mol. The van der Waals surface area contributed by atoms with Gasteiger partial charge >= 0.3 is 6.03 Å². The summed E-state index contributed by atoms with van der Waals surface area (Å²) in [6.45, 7) is 5.35. The van der Waals surface area contributed by atoms with Crippen LogP contribution >= 0.6 is 0 Å². The molecule has 26 heavy (non-hydrogen) atoms. The number of rotatable bonds is 4. The first-order valence-electron chi connectivity index (χ1n) is 9.17. The van der Waals surface area contributed by atoms with E-state index in [1.807, 2.05) is 30.0 Å². The Balaban J connectivity index is 1.40.